The molecule has 0 unspecified atom stereocenters. The Morgan fingerprint density at radius 1 is 1.08 bits per heavy atom. The second-order valence-corrected chi connectivity index (χ2v) is 5.81. The average Bonchev–Trinajstić information content (AvgIpc) is 3.02. The number of urea groups is 1. The number of methoxy groups -OCH3 is 2. The summed E-state index contributed by atoms with van der Waals surface area (Å²) in [6, 6.07) is 14.2. The number of nitrogens with zero attached hydrogens (tertiary/aromatic N) is 2. The zero-order valence-corrected chi connectivity index (χ0v) is 14.8. The fourth-order valence-electron chi connectivity index (χ4n) is 2.86. The lowest BCUT2D eigenvalue weighted by atomic mass is 10.2. The summed E-state index contributed by atoms with van der Waals surface area (Å²) in [4.78, 5) is 28.1. The fourth-order valence-corrected chi connectivity index (χ4v) is 2.86. The van der Waals surface area contributed by atoms with Crippen molar-refractivity contribution in [3.05, 3.63) is 48.5 Å². The van der Waals surface area contributed by atoms with Crippen molar-refractivity contribution in [2.75, 3.05) is 44.1 Å². The third kappa shape index (κ3) is 3.72. The number of carbonyl (C=O) groups is 2. The van der Waals surface area contributed by atoms with E-state index in [4.69, 9.17) is 9.47 Å². The Kier molecular flexibility index (Phi) is 5.26. The van der Waals surface area contributed by atoms with E-state index in [2.05, 4.69) is 5.32 Å². The highest BCUT2D eigenvalue weighted by Crippen LogP contribution is 2.34. The van der Waals surface area contributed by atoms with Crippen molar-refractivity contribution in [1.82, 2.24) is 4.90 Å². The Balaban J connectivity index is 1.69. The number of carbonyl (C=O) groups excluding carboxylic acids is 2. The van der Waals surface area contributed by atoms with Gasteiger partial charge in [-0.2, -0.15) is 0 Å². The molecule has 1 aliphatic heterocycles. The molecular formula is C19H21N3O4. The molecule has 0 radical (unpaired) electrons. The van der Waals surface area contributed by atoms with E-state index in [0.29, 0.717) is 36.0 Å². The van der Waals surface area contributed by atoms with Gasteiger partial charge in [0.25, 0.3) is 0 Å². The highest BCUT2D eigenvalue weighted by atomic mass is 16.5. The maximum absolute atomic E-state index is 12.7. The smallest absolute Gasteiger partial charge is 0.325 e. The highest BCUT2D eigenvalue weighted by molar-refractivity contribution is 6.00. The number of rotatable bonds is 6. The summed E-state index contributed by atoms with van der Waals surface area (Å²) in [7, 11) is 3.12. The standard InChI is InChI=1S/C19H21N3O4/c1-25-15-8-9-17(26-2)16(12-15)22-11-10-21(19(22)24)13-18(23)20-14-6-4-3-5-7-14/h3-9,12H,10-11,13H2,1-2H3,(H,20,23). The molecule has 2 aromatic rings. The van der Waals surface area contributed by atoms with Crippen LogP contribution in [0.2, 0.25) is 0 Å². The van der Waals surface area contributed by atoms with Crippen LogP contribution in [0.15, 0.2) is 48.5 Å². The quantitative estimate of drug-likeness (QED) is 0.865. The van der Waals surface area contributed by atoms with Crippen molar-refractivity contribution in [3.63, 3.8) is 0 Å². The van der Waals surface area contributed by atoms with Gasteiger partial charge in [0.15, 0.2) is 0 Å². The molecule has 0 aliphatic carbocycles. The van der Waals surface area contributed by atoms with Crippen LogP contribution < -0.4 is 19.7 Å². The van der Waals surface area contributed by atoms with Crippen LogP contribution >= 0.6 is 0 Å². The van der Waals surface area contributed by atoms with Crippen LogP contribution in [-0.4, -0.2) is 50.7 Å². The minimum absolute atomic E-state index is 0.00346. The molecule has 0 saturated carbocycles. The minimum atomic E-state index is -0.236. The van der Waals surface area contributed by atoms with Gasteiger partial charge in [0, 0.05) is 24.8 Å². The number of nitrogens with one attached hydrogen (secondary N) is 1. The minimum Gasteiger partial charge on any atom is -0.497 e. The largest absolute Gasteiger partial charge is 0.497 e. The van der Waals surface area contributed by atoms with Gasteiger partial charge in [-0.25, -0.2) is 4.79 Å². The van der Waals surface area contributed by atoms with Gasteiger partial charge < -0.3 is 19.7 Å². The SMILES string of the molecule is COc1ccc(OC)c(N2CCN(CC(=O)Nc3ccccc3)C2=O)c1. The van der Waals surface area contributed by atoms with Crippen molar-refractivity contribution in [2.24, 2.45) is 0 Å². The van der Waals surface area contributed by atoms with Crippen LogP contribution in [-0.2, 0) is 4.79 Å². The Bertz CT molecular complexity index is 795. The molecular weight excluding hydrogens is 334 g/mol. The van der Waals surface area contributed by atoms with Crippen LogP contribution in [0.3, 0.4) is 0 Å². The average molecular weight is 355 g/mol. The summed E-state index contributed by atoms with van der Waals surface area (Å²) in [5, 5.41) is 2.79. The summed E-state index contributed by atoms with van der Waals surface area (Å²) in [5.74, 6) is 0.979. The van der Waals surface area contributed by atoms with Crippen molar-refractivity contribution < 1.29 is 19.1 Å². The van der Waals surface area contributed by atoms with Gasteiger partial charge in [0.05, 0.1) is 19.9 Å². The lowest BCUT2D eigenvalue weighted by Crippen LogP contribution is -2.37. The van der Waals surface area contributed by atoms with E-state index in [9.17, 15) is 9.59 Å². The van der Waals surface area contributed by atoms with E-state index in [1.54, 1.807) is 49.5 Å². The third-order valence-electron chi connectivity index (χ3n) is 4.16. The zero-order valence-electron chi connectivity index (χ0n) is 14.8. The zero-order chi connectivity index (χ0) is 18.5. The Labute approximate surface area is 152 Å². The lowest BCUT2D eigenvalue weighted by molar-refractivity contribution is -0.116. The van der Waals surface area contributed by atoms with Gasteiger partial charge in [0.2, 0.25) is 5.91 Å². The van der Waals surface area contributed by atoms with Crippen LogP contribution in [0, 0.1) is 0 Å². The van der Waals surface area contributed by atoms with Crippen LogP contribution in [0.25, 0.3) is 0 Å². The monoisotopic (exact) mass is 355 g/mol. The maximum atomic E-state index is 12.7. The molecule has 1 heterocycles. The fraction of sp³-hybridized carbons (Fsp3) is 0.263. The second-order valence-electron chi connectivity index (χ2n) is 5.81. The van der Waals surface area contributed by atoms with E-state index >= 15 is 0 Å². The van der Waals surface area contributed by atoms with E-state index < -0.39 is 0 Å². The summed E-state index contributed by atoms with van der Waals surface area (Å²) >= 11 is 0. The van der Waals surface area contributed by atoms with Gasteiger partial charge in [-0.3, -0.25) is 9.69 Å². The van der Waals surface area contributed by atoms with Gasteiger partial charge in [-0.15, -0.1) is 0 Å². The molecule has 7 nitrogen and oxygen atoms in total. The predicted octanol–water partition coefficient (Wildman–Crippen LogP) is 2.58. The molecule has 1 N–H and O–H groups in total. The topological polar surface area (TPSA) is 71.1 Å². The van der Waals surface area contributed by atoms with E-state index in [0.717, 1.165) is 0 Å². The van der Waals surface area contributed by atoms with Crippen LogP contribution in [0.1, 0.15) is 0 Å². The maximum Gasteiger partial charge on any atom is 0.325 e. The van der Waals surface area contributed by atoms with E-state index in [1.807, 2.05) is 18.2 Å². The van der Waals surface area contributed by atoms with Crippen molar-refractivity contribution in [3.8, 4) is 11.5 Å². The summed E-state index contributed by atoms with van der Waals surface area (Å²) in [6.07, 6.45) is 0. The van der Waals surface area contributed by atoms with Crippen LogP contribution in [0.5, 0.6) is 11.5 Å². The van der Waals surface area contributed by atoms with Gasteiger partial charge in [-0.1, -0.05) is 18.2 Å². The number of anilines is 2. The molecule has 1 fully saturated rings. The van der Waals surface area contributed by atoms with Crippen molar-refractivity contribution >= 4 is 23.3 Å². The normalized spacial score (nSPS) is 13.7. The Hall–Kier alpha value is -3.22. The molecule has 3 amide bonds. The van der Waals surface area contributed by atoms with E-state index in [1.165, 1.54) is 4.90 Å². The first-order chi connectivity index (χ1) is 12.6. The first kappa shape index (κ1) is 17.6. The summed E-state index contributed by atoms with van der Waals surface area (Å²) in [6.45, 7) is 0.929. The second kappa shape index (κ2) is 7.77. The molecule has 1 aliphatic rings. The van der Waals surface area contributed by atoms with Gasteiger partial charge in [0.1, 0.15) is 18.0 Å². The molecule has 1 saturated heterocycles. The Morgan fingerprint density at radius 2 is 1.85 bits per heavy atom. The molecule has 0 spiro atoms. The third-order valence-corrected chi connectivity index (χ3v) is 4.16. The molecule has 7 heteroatoms. The highest BCUT2D eigenvalue weighted by Gasteiger charge is 2.32. The lowest BCUT2D eigenvalue weighted by Gasteiger charge is -2.21. The summed E-state index contributed by atoms with van der Waals surface area (Å²) < 4.78 is 10.6. The number of hydrogen-bond acceptors (Lipinski definition) is 4. The first-order valence-corrected chi connectivity index (χ1v) is 8.25. The molecule has 136 valence electrons. The molecule has 0 bridgehead atoms. The number of benzene rings is 2. The number of hydrogen-bond donors (Lipinski definition) is 1. The van der Waals surface area contributed by atoms with Gasteiger partial charge >= 0.3 is 6.03 Å². The number of ether oxygens (including phenoxy) is 2. The first-order valence-electron chi connectivity index (χ1n) is 8.25. The number of amides is 3. The Morgan fingerprint density at radius 3 is 2.54 bits per heavy atom. The molecule has 0 atom stereocenters. The van der Waals surface area contributed by atoms with Crippen molar-refractivity contribution in [1.29, 1.82) is 0 Å². The van der Waals surface area contributed by atoms with Gasteiger partial charge in [-0.05, 0) is 24.3 Å². The predicted molar refractivity (Wildman–Crippen MR) is 98.9 cm³/mol. The molecule has 26 heavy (non-hydrogen) atoms. The molecule has 3 rings (SSSR count). The summed E-state index contributed by atoms with van der Waals surface area (Å²) in [5.41, 5.74) is 1.33. The number of para-hydroxylation sites is 1. The van der Waals surface area contributed by atoms with Crippen molar-refractivity contribution in [2.45, 2.75) is 0 Å². The molecule has 0 aromatic heterocycles. The van der Waals surface area contributed by atoms with E-state index in [-0.39, 0.29) is 18.5 Å². The van der Waals surface area contributed by atoms with Crippen LogP contribution in [0.4, 0.5) is 16.2 Å². The molecule has 2 aromatic carbocycles.